The maximum Gasteiger partial charge on any atom is 0.265 e. The van der Waals surface area contributed by atoms with E-state index in [9.17, 15) is 4.79 Å². The quantitative estimate of drug-likeness (QED) is 0.866. The molecule has 3 heterocycles. The molecule has 1 aliphatic rings. The second-order valence-corrected chi connectivity index (χ2v) is 6.52. The average Bonchev–Trinajstić information content (AvgIpc) is 3.05. The number of nitrogens with zero attached hydrogens (tertiary/aromatic N) is 4. The molecule has 5 nitrogen and oxygen atoms in total. The van der Waals surface area contributed by atoms with Crippen LogP contribution in [0.1, 0.15) is 27.2 Å². The van der Waals surface area contributed by atoms with Crippen molar-refractivity contribution < 1.29 is 4.79 Å². The molecular formula is C16H20N4OS. The van der Waals surface area contributed by atoms with Crippen molar-refractivity contribution in [2.45, 2.75) is 19.9 Å². The molecule has 0 unspecified atom stereocenters. The van der Waals surface area contributed by atoms with E-state index in [4.69, 9.17) is 0 Å². The number of rotatable bonds is 4. The van der Waals surface area contributed by atoms with E-state index in [1.807, 2.05) is 17.2 Å². The molecule has 22 heavy (non-hydrogen) atoms. The summed E-state index contributed by atoms with van der Waals surface area (Å²) in [5, 5.41) is 1.03. The van der Waals surface area contributed by atoms with Gasteiger partial charge in [-0.15, -0.1) is 11.3 Å². The minimum absolute atomic E-state index is 0.123. The predicted octanol–water partition coefficient (Wildman–Crippen LogP) is 2.06. The number of hydrogen-bond acceptors (Lipinski definition) is 5. The molecule has 2 aromatic rings. The molecule has 0 radical (unpaired) electrons. The highest BCUT2D eigenvalue weighted by molar-refractivity contribution is 7.13. The van der Waals surface area contributed by atoms with Crippen molar-refractivity contribution in [1.82, 2.24) is 19.8 Å². The van der Waals surface area contributed by atoms with Crippen LogP contribution in [0.25, 0.3) is 0 Å². The van der Waals surface area contributed by atoms with Crippen LogP contribution < -0.4 is 0 Å². The number of amides is 1. The molecule has 2 aromatic heterocycles. The Morgan fingerprint density at radius 3 is 2.73 bits per heavy atom. The summed E-state index contributed by atoms with van der Waals surface area (Å²) in [6.45, 7) is 6.32. The molecule has 1 aliphatic heterocycles. The summed E-state index contributed by atoms with van der Waals surface area (Å²) in [4.78, 5) is 25.9. The van der Waals surface area contributed by atoms with Gasteiger partial charge < -0.3 is 4.90 Å². The Bertz CT molecular complexity index is 620. The molecule has 0 aliphatic carbocycles. The monoisotopic (exact) mass is 316 g/mol. The molecule has 1 amide bonds. The first-order valence-electron chi connectivity index (χ1n) is 7.61. The first-order chi connectivity index (χ1) is 10.8. The minimum Gasteiger partial charge on any atom is -0.335 e. The maximum atomic E-state index is 12.5. The van der Waals surface area contributed by atoms with Crippen LogP contribution in [0.3, 0.4) is 0 Å². The number of hydrogen-bond donors (Lipinski definition) is 0. The largest absolute Gasteiger partial charge is 0.335 e. The third-order valence-electron chi connectivity index (χ3n) is 3.86. The Labute approximate surface area is 134 Å². The highest BCUT2D eigenvalue weighted by atomic mass is 32.1. The van der Waals surface area contributed by atoms with Crippen molar-refractivity contribution in [3.05, 3.63) is 46.2 Å². The smallest absolute Gasteiger partial charge is 0.265 e. The molecule has 3 rings (SSSR count). The molecule has 0 bridgehead atoms. The van der Waals surface area contributed by atoms with Crippen LogP contribution in [0.2, 0.25) is 0 Å². The van der Waals surface area contributed by atoms with E-state index in [-0.39, 0.29) is 5.91 Å². The fourth-order valence-electron chi connectivity index (χ4n) is 2.59. The lowest BCUT2D eigenvalue weighted by atomic mass is 10.2. The normalized spacial score (nSPS) is 16.0. The molecule has 1 fully saturated rings. The van der Waals surface area contributed by atoms with E-state index >= 15 is 0 Å². The topological polar surface area (TPSA) is 49.3 Å². The number of carbonyl (C=O) groups excluding carboxylic acids is 1. The van der Waals surface area contributed by atoms with E-state index in [2.05, 4.69) is 27.9 Å². The van der Waals surface area contributed by atoms with Crippen LogP contribution in [0.15, 0.2) is 30.7 Å². The average molecular weight is 316 g/mol. The van der Waals surface area contributed by atoms with Gasteiger partial charge in [-0.2, -0.15) is 0 Å². The Kier molecular flexibility index (Phi) is 4.80. The number of aromatic nitrogens is 2. The Morgan fingerprint density at radius 1 is 1.27 bits per heavy atom. The van der Waals surface area contributed by atoms with E-state index < -0.39 is 0 Å². The zero-order valence-electron chi connectivity index (χ0n) is 12.7. The molecule has 0 saturated carbocycles. The van der Waals surface area contributed by atoms with Crippen molar-refractivity contribution in [2.75, 3.05) is 26.2 Å². The summed E-state index contributed by atoms with van der Waals surface area (Å²) in [6, 6.07) is 4.05. The summed E-state index contributed by atoms with van der Waals surface area (Å²) in [5.74, 6) is 0.123. The predicted molar refractivity (Wildman–Crippen MR) is 86.9 cm³/mol. The van der Waals surface area contributed by atoms with Crippen molar-refractivity contribution in [1.29, 1.82) is 0 Å². The van der Waals surface area contributed by atoms with Crippen molar-refractivity contribution >= 4 is 17.2 Å². The summed E-state index contributed by atoms with van der Waals surface area (Å²) in [7, 11) is 0. The first-order valence-corrected chi connectivity index (χ1v) is 8.43. The van der Waals surface area contributed by atoms with Gasteiger partial charge in [0, 0.05) is 45.1 Å². The van der Waals surface area contributed by atoms with Gasteiger partial charge in [0.2, 0.25) is 0 Å². The van der Waals surface area contributed by atoms with Gasteiger partial charge in [-0.3, -0.25) is 14.7 Å². The van der Waals surface area contributed by atoms with E-state index in [0.29, 0.717) is 0 Å². The second kappa shape index (κ2) is 6.98. The number of thiazole rings is 1. The zero-order valence-corrected chi connectivity index (χ0v) is 13.6. The highest BCUT2D eigenvalue weighted by Crippen LogP contribution is 2.17. The van der Waals surface area contributed by atoms with Crippen LogP contribution in [-0.4, -0.2) is 51.9 Å². The zero-order chi connectivity index (χ0) is 15.4. The Morgan fingerprint density at radius 2 is 2.09 bits per heavy atom. The number of pyridine rings is 1. The van der Waals surface area contributed by atoms with E-state index in [1.54, 1.807) is 12.4 Å². The fraction of sp³-hybridized carbons (Fsp3) is 0.438. The van der Waals surface area contributed by atoms with Crippen LogP contribution >= 0.6 is 11.3 Å². The van der Waals surface area contributed by atoms with Gasteiger partial charge in [0.05, 0.1) is 11.2 Å². The third kappa shape index (κ3) is 3.51. The minimum atomic E-state index is 0.123. The van der Waals surface area contributed by atoms with Crippen molar-refractivity contribution in [3.63, 3.8) is 0 Å². The maximum absolute atomic E-state index is 12.5. The van der Waals surface area contributed by atoms with Gasteiger partial charge in [-0.1, -0.05) is 13.0 Å². The standard InChI is InChI=1S/C16H20N4OS/c1-2-15-18-11-14(22-15)16(21)20-8-6-19(7-9-20)12-13-4-3-5-17-10-13/h3-5,10-11H,2,6-9,12H2,1H3. The SMILES string of the molecule is CCc1ncc(C(=O)N2CCN(Cc3cccnc3)CC2)s1. The van der Waals surface area contributed by atoms with Crippen LogP contribution in [0.5, 0.6) is 0 Å². The number of piperazine rings is 1. The van der Waals surface area contributed by atoms with Crippen LogP contribution in [0, 0.1) is 0 Å². The fourth-order valence-corrected chi connectivity index (χ4v) is 3.41. The number of carbonyl (C=O) groups is 1. The van der Waals surface area contributed by atoms with Gasteiger partial charge in [0.15, 0.2) is 0 Å². The van der Waals surface area contributed by atoms with Gasteiger partial charge >= 0.3 is 0 Å². The molecule has 0 aromatic carbocycles. The summed E-state index contributed by atoms with van der Waals surface area (Å²) < 4.78 is 0. The lowest BCUT2D eigenvalue weighted by Gasteiger charge is -2.34. The molecule has 0 atom stereocenters. The molecule has 1 saturated heterocycles. The van der Waals surface area contributed by atoms with Crippen molar-refractivity contribution in [2.24, 2.45) is 0 Å². The van der Waals surface area contributed by atoms with Crippen LogP contribution in [-0.2, 0) is 13.0 Å². The summed E-state index contributed by atoms with van der Waals surface area (Å²) in [6.07, 6.45) is 6.30. The third-order valence-corrected chi connectivity index (χ3v) is 4.98. The molecule has 0 spiro atoms. The first kappa shape index (κ1) is 15.1. The van der Waals surface area contributed by atoms with Crippen molar-refractivity contribution in [3.8, 4) is 0 Å². The Balaban J connectivity index is 1.54. The van der Waals surface area contributed by atoms with E-state index in [0.717, 1.165) is 49.0 Å². The van der Waals surface area contributed by atoms with E-state index in [1.165, 1.54) is 16.9 Å². The molecular weight excluding hydrogens is 296 g/mol. The van der Waals surface area contributed by atoms with Gasteiger partial charge in [0.1, 0.15) is 4.88 Å². The lowest BCUT2D eigenvalue weighted by molar-refractivity contribution is 0.0633. The van der Waals surface area contributed by atoms with Gasteiger partial charge in [-0.05, 0) is 18.1 Å². The summed E-state index contributed by atoms with van der Waals surface area (Å²) in [5.41, 5.74) is 1.22. The molecule has 0 N–H and O–H groups in total. The van der Waals surface area contributed by atoms with Crippen LogP contribution in [0.4, 0.5) is 0 Å². The number of aryl methyl sites for hydroxylation is 1. The van der Waals surface area contributed by atoms with Gasteiger partial charge in [-0.25, -0.2) is 4.98 Å². The lowest BCUT2D eigenvalue weighted by Crippen LogP contribution is -2.48. The molecule has 6 heteroatoms. The highest BCUT2D eigenvalue weighted by Gasteiger charge is 2.23. The summed E-state index contributed by atoms with van der Waals surface area (Å²) >= 11 is 1.51. The molecule has 116 valence electrons. The Hall–Kier alpha value is -1.79. The second-order valence-electron chi connectivity index (χ2n) is 5.40. The van der Waals surface area contributed by atoms with Gasteiger partial charge in [0.25, 0.3) is 5.91 Å².